The van der Waals surface area contributed by atoms with Crippen molar-refractivity contribution < 1.29 is 9.53 Å². The van der Waals surface area contributed by atoms with Gasteiger partial charge in [0.1, 0.15) is 10.6 Å². The third-order valence-corrected chi connectivity index (χ3v) is 3.49. The minimum absolute atomic E-state index is 0.123. The first-order valence-corrected chi connectivity index (χ1v) is 7.08. The lowest BCUT2D eigenvalue weighted by Crippen LogP contribution is -2.11. The summed E-state index contributed by atoms with van der Waals surface area (Å²) < 4.78 is 5.54. The second-order valence-electron chi connectivity index (χ2n) is 4.61. The standard InChI is InChI=1S/C14H17N3O2S/c1-8(2)19-11-6-4-10(5-7-11)17-13(18)12-9(3)16-14(15)20-12/h4-8H,1-3H3,(H2,15,16)(H,17,18). The molecule has 20 heavy (non-hydrogen) atoms. The Labute approximate surface area is 121 Å². The number of nitrogens with one attached hydrogen (secondary N) is 1. The summed E-state index contributed by atoms with van der Waals surface area (Å²) in [5.74, 6) is 0.574. The van der Waals surface area contributed by atoms with Crippen molar-refractivity contribution >= 4 is 28.1 Å². The van der Waals surface area contributed by atoms with Crippen LogP contribution in [0.25, 0.3) is 0 Å². The average Bonchev–Trinajstić information content (AvgIpc) is 2.70. The molecule has 106 valence electrons. The van der Waals surface area contributed by atoms with Crippen molar-refractivity contribution in [1.29, 1.82) is 0 Å². The second-order valence-corrected chi connectivity index (χ2v) is 5.64. The van der Waals surface area contributed by atoms with Crippen LogP contribution in [0.1, 0.15) is 29.2 Å². The molecule has 0 aliphatic rings. The van der Waals surface area contributed by atoms with Crippen LogP contribution in [0.2, 0.25) is 0 Å². The number of anilines is 2. The predicted molar refractivity (Wildman–Crippen MR) is 81.4 cm³/mol. The highest BCUT2D eigenvalue weighted by Gasteiger charge is 2.14. The highest BCUT2D eigenvalue weighted by molar-refractivity contribution is 7.17. The van der Waals surface area contributed by atoms with E-state index in [9.17, 15) is 4.79 Å². The van der Waals surface area contributed by atoms with Gasteiger partial charge in [0.2, 0.25) is 0 Å². The Morgan fingerprint density at radius 2 is 2.00 bits per heavy atom. The molecule has 0 unspecified atom stereocenters. The topological polar surface area (TPSA) is 77.2 Å². The molecule has 0 bridgehead atoms. The zero-order valence-electron chi connectivity index (χ0n) is 11.6. The largest absolute Gasteiger partial charge is 0.491 e. The molecule has 0 saturated heterocycles. The first-order valence-electron chi connectivity index (χ1n) is 6.26. The molecular formula is C14H17N3O2S. The first-order chi connectivity index (χ1) is 9.45. The SMILES string of the molecule is Cc1nc(N)sc1C(=O)Nc1ccc(OC(C)C)cc1. The molecule has 3 N–H and O–H groups in total. The van der Waals surface area contributed by atoms with Crippen LogP contribution in [0.4, 0.5) is 10.8 Å². The number of ether oxygens (including phenoxy) is 1. The normalized spacial score (nSPS) is 10.6. The lowest BCUT2D eigenvalue weighted by atomic mass is 10.3. The highest BCUT2D eigenvalue weighted by atomic mass is 32.1. The summed E-state index contributed by atoms with van der Waals surface area (Å²) in [4.78, 5) is 16.7. The van der Waals surface area contributed by atoms with Crippen molar-refractivity contribution in [1.82, 2.24) is 4.98 Å². The minimum atomic E-state index is -0.200. The van der Waals surface area contributed by atoms with Crippen LogP contribution in [0.3, 0.4) is 0 Å². The number of carbonyl (C=O) groups is 1. The van der Waals surface area contributed by atoms with Crippen molar-refractivity contribution in [3.63, 3.8) is 0 Å². The van der Waals surface area contributed by atoms with Gasteiger partial charge in [-0.2, -0.15) is 0 Å². The van der Waals surface area contributed by atoms with Gasteiger partial charge in [-0.15, -0.1) is 0 Å². The minimum Gasteiger partial charge on any atom is -0.491 e. The molecule has 1 heterocycles. The van der Waals surface area contributed by atoms with Gasteiger partial charge in [0.25, 0.3) is 5.91 Å². The van der Waals surface area contributed by atoms with Gasteiger partial charge >= 0.3 is 0 Å². The zero-order chi connectivity index (χ0) is 14.7. The lowest BCUT2D eigenvalue weighted by molar-refractivity contribution is 0.103. The molecule has 0 saturated carbocycles. The third-order valence-electron chi connectivity index (χ3n) is 2.50. The molecule has 5 nitrogen and oxygen atoms in total. The lowest BCUT2D eigenvalue weighted by Gasteiger charge is -2.10. The highest BCUT2D eigenvalue weighted by Crippen LogP contribution is 2.22. The van der Waals surface area contributed by atoms with Crippen LogP contribution in [0.15, 0.2) is 24.3 Å². The number of rotatable bonds is 4. The van der Waals surface area contributed by atoms with Crippen LogP contribution < -0.4 is 15.8 Å². The van der Waals surface area contributed by atoms with Crippen molar-refractivity contribution in [2.45, 2.75) is 26.9 Å². The van der Waals surface area contributed by atoms with Gasteiger partial charge in [0, 0.05) is 5.69 Å². The van der Waals surface area contributed by atoms with E-state index >= 15 is 0 Å². The summed E-state index contributed by atoms with van der Waals surface area (Å²) in [6, 6.07) is 7.25. The summed E-state index contributed by atoms with van der Waals surface area (Å²) in [6.07, 6.45) is 0.123. The van der Waals surface area contributed by atoms with Crippen LogP contribution in [0, 0.1) is 6.92 Å². The maximum atomic E-state index is 12.1. The summed E-state index contributed by atoms with van der Waals surface area (Å²) in [5, 5.41) is 3.21. The molecule has 2 aromatic rings. The van der Waals surface area contributed by atoms with Crippen LogP contribution in [-0.2, 0) is 0 Å². The van der Waals surface area contributed by atoms with E-state index in [0.717, 1.165) is 5.75 Å². The summed E-state index contributed by atoms with van der Waals surface area (Å²) in [5.41, 5.74) is 6.94. The Hall–Kier alpha value is -2.08. The number of benzene rings is 1. The summed E-state index contributed by atoms with van der Waals surface area (Å²) in [7, 11) is 0. The quantitative estimate of drug-likeness (QED) is 0.907. The number of aryl methyl sites for hydroxylation is 1. The maximum absolute atomic E-state index is 12.1. The Bertz CT molecular complexity index is 605. The van der Waals surface area contributed by atoms with Crippen LogP contribution in [-0.4, -0.2) is 17.0 Å². The summed E-state index contributed by atoms with van der Waals surface area (Å²) in [6.45, 7) is 5.70. The van der Waals surface area contributed by atoms with E-state index in [1.807, 2.05) is 26.0 Å². The Morgan fingerprint density at radius 3 is 2.50 bits per heavy atom. The van der Waals surface area contributed by atoms with E-state index < -0.39 is 0 Å². The van der Waals surface area contributed by atoms with Gasteiger partial charge in [-0.3, -0.25) is 4.79 Å². The fourth-order valence-electron chi connectivity index (χ4n) is 1.70. The number of hydrogen-bond donors (Lipinski definition) is 2. The fraction of sp³-hybridized carbons (Fsp3) is 0.286. The number of thiazole rings is 1. The van der Waals surface area contributed by atoms with Crippen molar-refractivity contribution in [3.8, 4) is 5.75 Å². The molecule has 0 radical (unpaired) electrons. The number of carbonyl (C=O) groups excluding carboxylic acids is 1. The number of hydrogen-bond acceptors (Lipinski definition) is 5. The molecule has 1 aromatic carbocycles. The van der Waals surface area contributed by atoms with Crippen molar-refractivity contribution in [3.05, 3.63) is 34.8 Å². The van der Waals surface area contributed by atoms with E-state index in [-0.39, 0.29) is 12.0 Å². The summed E-state index contributed by atoms with van der Waals surface area (Å²) >= 11 is 1.18. The smallest absolute Gasteiger partial charge is 0.267 e. The van der Waals surface area contributed by atoms with E-state index in [1.54, 1.807) is 19.1 Å². The maximum Gasteiger partial charge on any atom is 0.267 e. The monoisotopic (exact) mass is 291 g/mol. The average molecular weight is 291 g/mol. The van der Waals surface area contributed by atoms with Gasteiger partial charge in [-0.05, 0) is 45.0 Å². The zero-order valence-corrected chi connectivity index (χ0v) is 12.5. The molecule has 0 aliphatic carbocycles. The van der Waals surface area contributed by atoms with E-state index in [0.29, 0.717) is 21.4 Å². The van der Waals surface area contributed by atoms with Crippen LogP contribution >= 0.6 is 11.3 Å². The predicted octanol–water partition coefficient (Wildman–Crippen LogP) is 3.07. The molecule has 1 amide bonds. The number of nitrogens with zero attached hydrogens (tertiary/aromatic N) is 1. The molecule has 0 atom stereocenters. The Morgan fingerprint density at radius 1 is 1.35 bits per heavy atom. The molecule has 1 aromatic heterocycles. The van der Waals surface area contributed by atoms with E-state index in [1.165, 1.54) is 11.3 Å². The molecule has 6 heteroatoms. The Balaban J connectivity index is 2.06. The number of aromatic nitrogens is 1. The van der Waals surface area contributed by atoms with Gasteiger partial charge < -0.3 is 15.8 Å². The number of amides is 1. The number of nitrogen functional groups attached to an aromatic ring is 1. The number of nitrogens with two attached hydrogens (primary N) is 1. The van der Waals surface area contributed by atoms with Gasteiger partial charge in [0.05, 0.1) is 11.8 Å². The molecule has 2 rings (SSSR count). The first kappa shape index (κ1) is 14.3. The van der Waals surface area contributed by atoms with Crippen molar-refractivity contribution in [2.75, 3.05) is 11.1 Å². The molecule has 0 fully saturated rings. The second kappa shape index (κ2) is 5.92. The molecule has 0 aliphatic heterocycles. The van der Waals surface area contributed by atoms with Gasteiger partial charge in [0.15, 0.2) is 5.13 Å². The van der Waals surface area contributed by atoms with Crippen molar-refractivity contribution in [2.24, 2.45) is 0 Å². The molecule has 0 spiro atoms. The van der Waals surface area contributed by atoms with Crippen LogP contribution in [0.5, 0.6) is 5.75 Å². The van der Waals surface area contributed by atoms with E-state index in [4.69, 9.17) is 10.5 Å². The third kappa shape index (κ3) is 3.48. The molecular weight excluding hydrogens is 274 g/mol. The van der Waals surface area contributed by atoms with Gasteiger partial charge in [-0.1, -0.05) is 11.3 Å². The Kier molecular flexibility index (Phi) is 4.24. The van der Waals surface area contributed by atoms with E-state index in [2.05, 4.69) is 10.3 Å². The van der Waals surface area contributed by atoms with Gasteiger partial charge in [-0.25, -0.2) is 4.98 Å². The fourth-order valence-corrected chi connectivity index (χ4v) is 2.43.